The van der Waals surface area contributed by atoms with E-state index in [1.165, 1.54) is 0 Å². The van der Waals surface area contributed by atoms with E-state index in [1.807, 2.05) is 6.92 Å². The van der Waals surface area contributed by atoms with Crippen molar-refractivity contribution in [2.75, 3.05) is 6.61 Å². The molecule has 0 aliphatic carbocycles. The van der Waals surface area contributed by atoms with Gasteiger partial charge in [0, 0.05) is 6.61 Å². The Balaban J connectivity index is -0.0000000383. The fourth-order valence-electron chi connectivity index (χ4n) is 0. The first kappa shape index (κ1) is 17.1. The summed E-state index contributed by atoms with van der Waals surface area (Å²) in [5.74, 6) is 0. The van der Waals surface area contributed by atoms with Crippen molar-refractivity contribution in [2.24, 2.45) is 0 Å². The van der Waals surface area contributed by atoms with Crippen LogP contribution in [0.2, 0.25) is 0 Å². The van der Waals surface area contributed by atoms with Crippen LogP contribution in [-0.4, -0.2) is 29.2 Å². The van der Waals surface area contributed by atoms with Gasteiger partial charge in [-0.25, -0.2) is 0 Å². The molecule has 0 bridgehead atoms. The maximum atomic E-state index is 8.74. The molecule has 0 fully saturated rings. The van der Waals surface area contributed by atoms with Crippen LogP contribution in [0.3, 0.4) is 0 Å². The summed E-state index contributed by atoms with van der Waals surface area (Å²) in [5, 5.41) is 7.88. The van der Waals surface area contributed by atoms with E-state index in [0.29, 0.717) is 6.61 Å². The SMILES string of the molecule is CCCO.O=S(=O)(O)O.[H-].[Na+]. The summed E-state index contributed by atoms with van der Waals surface area (Å²) in [6, 6.07) is 0. The Kier molecular flexibility index (Phi) is 16.8. The average Bonchev–Trinajstić information content (AvgIpc) is 1.61. The van der Waals surface area contributed by atoms with Gasteiger partial charge in [-0.05, 0) is 6.42 Å². The van der Waals surface area contributed by atoms with Crippen molar-refractivity contribution in [2.45, 2.75) is 13.3 Å². The molecule has 0 amide bonds. The van der Waals surface area contributed by atoms with E-state index in [2.05, 4.69) is 0 Å². The van der Waals surface area contributed by atoms with E-state index in [9.17, 15) is 0 Å². The quantitative estimate of drug-likeness (QED) is 0.294. The standard InChI is InChI=1S/C3H8O.Na.H2O4S.H/c1-2-3-4;;1-5(2,3)4;/h4H,2-3H2,1H3;;(H2,1,2,3,4);/q;+1;;-1. The molecule has 0 aliphatic rings. The number of aliphatic hydroxyl groups is 1. The van der Waals surface area contributed by atoms with Crippen molar-refractivity contribution in [1.29, 1.82) is 0 Å². The van der Waals surface area contributed by atoms with Gasteiger partial charge >= 0.3 is 40.0 Å². The fourth-order valence-corrected chi connectivity index (χ4v) is 0. The average molecular weight is 182 g/mol. The third kappa shape index (κ3) is 162. The van der Waals surface area contributed by atoms with Gasteiger partial charge in [-0.3, -0.25) is 9.11 Å². The minimum Gasteiger partial charge on any atom is -1.00 e. The molecule has 0 aliphatic heterocycles. The Hall–Kier alpha value is 0.830. The smallest absolute Gasteiger partial charge is 1.00 e. The molecule has 0 heterocycles. The molecule has 5 nitrogen and oxygen atoms in total. The normalized spacial score (nSPS) is 8.80. The van der Waals surface area contributed by atoms with E-state index in [-0.39, 0.29) is 31.0 Å². The first-order valence-corrected chi connectivity index (χ1v) is 3.62. The Labute approximate surface area is 83.8 Å². The molecule has 3 N–H and O–H groups in total. The second-order valence-electron chi connectivity index (χ2n) is 1.17. The molecule has 0 atom stereocenters. The monoisotopic (exact) mass is 182 g/mol. The second kappa shape index (κ2) is 9.83. The summed E-state index contributed by atoms with van der Waals surface area (Å²) < 4.78 is 31.6. The van der Waals surface area contributed by atoms with E-state index in [1.54, 1.807) is 0 Å². The van der Waals surface area contributed by atoms with Crippen molar-refractivity contribution < 1.29 is 53.6 Å². The van der Waals surface area contributed by atoms with Crippen LogP contribution in [0.5, 0.6) is 0 Å². The first-order valence-electron chi connectivity index (χ1n) is 2.22. The number of hydrogen-bond acceptors (Lipinski definition) is 3. The maximum Gasteiger partial charge on any atom is 1.00 e. The van der Waals surface area contributed by atoms with Crippen LogP contribution in [0.25, 0.3) is 0 Å². The van der Waals surface area contributed by atoms with Crippen LogP contribution < -0.4 is 29.6 Å². The maximum absolute atomic E-state index is 8.74. The van der Waals surface area contributed by atoms with Gasteiger partial charge < -0.3 is 6.53 Å². The fraction of sp³-hybridized carbons (Fsp3) is 1.00. The van der Waals surface area contributed by atoms with E-state index < -0.39 is 10.4 Å². The predicted molar refractivity (Wildman–Crippen MR) is 32.7 cm³/mol. The van der Waals surface area contributed by atoms with Gasteiger partial charge in [-0.15, -0.1) is 0 Å². The first-order chi connectivity index (χ1) is 3.91. The molecular weight excluding hydrogens is 171 g/mol. The summed E-state index contributed by atoms with van der Waals surface area (Å²) in [5.41, 5.74) is 0. The Morgan fingerprint density at radius 2 is 1.50 bits per heavy atom. The summed E-state index contributed by atoms with van der Waals surface area (Å²) in [7, 11) is -4.67. The molecule has 0 radical (unpaired) electrons. The van der Waals surface area contributed by atoms with E-state index in [4.69, 9.17) is 22.6 Å². The van der Waals surface area contributed by atoms with Gasteiger partial charge in [0.1, 0.15) is 0 Å². The topological polar surface area (TPSA) is 94.8 Å². The summed E-state index contributed by atoms with van der Waals surface area (Å²) in [6.07, 6.45) is 0.875. The predicted octanol–water partition coefficient (Wildman–Crippen LogP) is -3.15. The number of hydrogen-bond donors (Lipinski definition) is 3. The van der Waals surface area contributed by atoms with Crippen LogP contribution in [-0.2, 0) is 10.4 Å². The van der Waals surface area contributed by atoms with Crippen LogP contribution >= 0.6 is 0 Å². The van der Waals surface area contributed by atoms with Gasteiger partial charge in [-0.2, -0.15) is 8.42 Å². The zero-order chi connectivity index (χ0) is 7.91. The van der Waals surface area contributed by atoms with Crippen LogP contribution in [0.4, 0.5) is 0 Å². The molecule has 0 spiro atoms. The van der Waals surface area contributed by atoms with Crippen LogP contribution in [0, 0.1) is 0 Å². The molecule has 0 aromatic rings. The van der Waals surface area contributed by atoms with Gasteiger partial charge in [-0.1, -0.05) is 6.92 Å². The van der Waals surface area contributed by atoms with Crippen molar-refractivity contribution in [3.63, 3.8) is 0 Å². The van der Waals surface area contributed by atoms with Crippen LogP contribution in [0.15, 0.2) is 0 Å². The van der Waals surface area contributed by atoms with Crippen molar-refractivity contribution in [1.82, 2.24) is 0 Å². The summed E-state index contributed by atoms with van der Waals surface area (Å²) in [4.78, 5) is 0. The molecule has 0 saturated heterocycles. The molecule has 10 heavy (non-hydrogen) atoms. The molecule has 0 unspecified atom stereocenters. The third-order valence-electron chi connectivity index (χ3n) is 0.224. The van der Waals surface area contributed by atoms with Gasteiger partial charge in [0.2, 0.25) is 0 Å². The van der Waals surface area contributed by atoms with Crippen LogP contribution in [0.1, 0.15) is 14.8 Å². The largest absolute Gasteiger partial charge is 1.00 e. The number of aliphatic hydroxyl groups excluding tert-OH is 1. The molecule has 0 saturated carbocycles. The molecule has 0 aromatic carbocycles. The molecule has 7 heteroatoms. The molecule has 60 valence electrons. The second-order valence-corrected chi connectivity index (χ2v) is 2.07. The van der Waals surface area contributed by atoms with E-state index >= 15 is 0 Å². The Bertz CT molecular complexity index is 125. The Morgan fingerprint density at radius 1 is 1.40 bits per heavy atom. The number of rotatable bonds is 1. The molecule has 0 aromatic heterocycles. The zero-order valence-corrected chi connectivity index (χ0v) is 8.80. The van der Waals surface area contributed by atoms with Crippen molar-refractivity contribution in [3.05, 3.63) is 0 Å². The minimum atomic E-state index is -4.67. The molecule has 0 rings (SSSR count). The van der Waals surface area contributed by atoms with Gasteiger partial charge in [0.05, 0.1) is 0 Å². The third-order valence-corrected chi connectivity index (χ3v) is 0.224. The van der Waals surface area contributed by atoms with Gasteiger partial charge in [0.15, 0.2) is 0 Å². The minimum absolute atomic E-state index is 0. The Morgan fingerprint density at radius 3 is 1.50 bits per heavy atom. The van der Waals surface area contributed by atoms with E-state index in [0.717, 1.165) is 6.42 Å². The van der Waals surface area contributed by atoms with Crippen molar-refractivity contribution in [3.8, 4) is 0 Å². The summed E-state index contributed by atoms with van der Waals surface area (Å²) in [6.45, 7) is 2.25. The summed E-state index contributed by atoms with van der Waals surface area (Å²) >= 11 is 0. The zero-order valence-electron chi connectivity index (χ0n) is 6.98. The van der Waals surface area contributed by atoms with Crippen molar-refractivity contribution >= 4 is 10.4 Å². The molecular formula is C3H11NaO5S. The van der Waals surface area contributed by atoms with Gasteiger partial charge in [0.25, 0.3) is 0 Å².